The fourth-order valence-electron chi connectivity index (χ4n) is 2.33. The van der Waals surface area contributed by atoms with E-state index in [0.717, 1.165) is 46.4 Å². The van der Waals surface area contributed by atoms with E-state index in [-0.39, 0.29) is 12.5 Å². The summed E-state index contributed by atoms with van der Waals surface area (Å²) in [6.45, 7) is 5.85. The van der Waals surface area contributed by atoms with Crippen molar-refractivity contribution in [2.24, 2.45) is 0 Å². The van der Waals surface area contributed by atoms with E-state index in [1.807, 2.05) is 49.4 Å². The molecular weight excluding hydrogens is 380 g/mol. The number of nitrogens with one attached hydrogen (secondary N) is 2. The Morgan fingerprint density at radius 3 is 2.64 bits per heavy atom. The predicted octanol–water partition coefficient (Wildman–Crippen LogP) is 4.66. The fourth-order valence-corrected chi connectivity index (χ4v) is 2.74. The Kier molecular flexibility index (Phi) is 7.95. The first-order valence-electron chi connectivity index (χ1n) is 8.57. The monoisotopic (exact) mass is 404 g/mol. The number of halogens is 1. The minimum absolute atomic E-state index is 0.0164. The summed E-state index contributed by atoms with van der Waals surface area (Å²) in [4.78, 5) is 12.1. The summed E-state index contributed by atoms with van der Waals surface area (Å²) in [6, 6.07) is 13.5. The van der Waals surface area contributed by atoms with Crippen LogP contribution in [0.15, 0.2) is 46.9 Å². The summed E-state index contributed by atoms with van der Waals surface area (Å²) in [5, 5.41) is 6.24. The van der Waals surface area contributed by atoms with Gasteiger partial charge in [-0.2, -0.15) is 0 Å². The second kappa shape index (κ2) is 10.2. The summed E-state index contributed by atoms with van der Waals surface area (Å²) in [5.74, 6) is 0.558. The molecule has 0 saturated heterocycles. The highest BCUT2D eigenvalue weighted by Crippen LogP contribution is 2.23. The van der Waals surface area contributed by atoms with Crippen LogP contribution in [0.1, 0.15) is 30.9 Å². The Morgan fingerprint density at radius 2 is 1.92 bits per heavy atom. The third-order valence-electron chi connectivity index (χ3n) is 3.74. The van der Waals surface area contributed by atoms with Crippen molar-refractivity contribution in [1.29, 1.82) is 0 Å². The van der Waals surface area contributed by atoms with Crippen LogP contribution in [0.2, 0.25) is 0 Å². The first kappa shape index (κ1) is 19.5. The average molecular weight is 405 g/mol. The van der Waals surface area contributed by atoms with Gasteiger partial charge in [0.25, 0.3) is 5.91 Å². The van der Waals surface area contributed by atoms with Gasteiger partial charge in [0.15, 0.2) is 6.61 Å². The first-order valence-corrected chi connectivity index (χ1v) is 9.36. The summed E-state index contributed by atoms with van der Waals surface area (Å²) in [6.07, 6.45) is 2.30. The van der Waals surface area contributed by atoms with Crippen LogP contribution in [-0.2, 0) is 11.3 Å². The van der Waals surface area contributed by atoms with E-state index < -0.39 is 0 Å². The maximum atomic E-state index is 12.1. The molecule has 134 valence electrons. The summed E-state index contributed by atoms with van der Waals surface area (Å²) < 4.78 is 6.73. The standard InChI is InChI=1S/C20H25BrN2O2/c1-3-4-11-22-13-16-12-17(21)7-10-19(16)25-14-20(24)23-18-8-5-15(2)6-9-18/h5-10,12,22H,3-4,11,13-14H2,1-2H3,(H,23,24). The van der Waals surface area contributed by atoms with E-state index in [1.54, 1.807) is 0 Å². The van der Waals surface area contributed by atoms with E-state index in [4.69, 9.17) is 4.74 Å². The van der Waals surface area contributed by atoms with Crippen LogP contribution in [0.3, 0.4) is 0 Å². The zero-order valence-electron chi connectivity index (χ0n) is 14.8. The van der Waals surface area contributed by atoms with Gasteiger partial charge in [-0.1, -0.05) is 47.0 Å². The van der Waals surface area contributed by atoms with Crippen molar-refractivity contribution in [3.63, 3.8) is 0 Å². The van der Waals surface area contributed by atoms with Crippen molar-refractivity contribution in [2.75, 3.05) is 18.5 Å². The molecule has 0 unspecified atom stereocenters. The second-order valence-corrected chi connectivity index (χ2v) is 6.90. The number of rotatable bonds is 9. The van der Waals surface area contributed by atoms with Gasteiger partial charge in [-0.15, -0.1) is 0 Å². The number of carbonyl (C=O) groups is 1. The minimum Gasteiger partial charge on any atom is -0.483 e. The van der Waals surface area contributed by atoms with Gasteiger partial charge < -0.3 is 15.4 Å². The van der Waals surface area contributed by atoms with Crippen LogP contribution in [0.25, 0.3) is 0 Å². The van der Waals surface area contributed by atoms with E-state index >= 15 is 0 Å². The van der Waals surface area contributed by atoms with E-state index in [0.29, 0.717) is 6.54 Å². The summed E-state index contributed by atoms with van der Waals surface area (Å²) >= 11 is 3.49. The molecule has 2 aromatic rings. The number of anilines is 1. The second-order valence-electron chi connectivity index (χ2n) is 5.99. The lowest BCUT2D eigenvalue weighted by Crippen LogP contribution is -2.21. The lowest BCUT2D eigenvalue weighted by Gasteiger charge is -2.13. The van der Waals surface area contributed by atoms with Gasteiger partial charge in [0.1, 0.15) is 5.75 Å². The molecule has 0 bridgehead atoms. The number of unbranched alkanes of at least 4 members (excludes halogenated alkanes) is 1. The van der Waals surface area contributed by atoms with Gasteiger partial charge in [0, 0.05) is 22.3 Å². The Balaban J connectivity index is 1.90. The molecule has 0 radical (unpaired) electrons. The van der Waals surface area contributed by atoms with Gasteiger partial charge in [-0.25, -0.2) is 0 Å². The van der Waals surface area contributed by atoms with Crippen molar-refractivity contribution >= 4 is 27.5 Å². The molecule has 0 heterocycles. The third kappa shape index (κ3) is 6.88. The fraction of sp³-hybridized carbons (Fsp3) is 0.350. The van der Waals surface area contributed by atoms with Crippen LogP contribution in [-0.4, -0.2) is 19.1 Å². The van der Waals surface area contributed by atoms with Crippen LogP contribution in [0.5, 0.6) is 5.75 Å². The Labute approximate surface area is 158 Å². The van der Waals surface area contributed by atoms with Crippen LogP contribution in [0, 0.1) is 6.92 Å². The zero-order valence-corrected chi connectivity index (χ0v) is 16.4. The molecule has 0 aliphatic rings. The predicted molar refractivity (Wildman–Crippen MR) is 106 cm³/mol. The lowest BCUT2D eigenvalue weighted by atomic mass is 10.2. The third-order valence-corrected chi connectivity index (χ3v) is 4.23. The van der Waals surface area contributed by atoms with Crippen molar-refractivity contribution in [3.8, 4) is 5.75 Å². The van der Waals surface area contributed by atoms with Crippen molar-refractivity contribution in [2.45, 2.75) is 33.2 Å². The molecule has 0 aliphatic carbocycles. The van der Waals surface area contributed by atoms with E-state index in [1.165, 1.54) is 0 Å². The van der Waals surface area contributed by atoms with Crippen LogP contribution < -0.4 is 15.4 Å². The first-order chi connectivity index (χ1) is 12.1. The van der Waals surface area contributed by atoms with Crippen molar-refractivity contribution in [1.82, 2.24) is 5.32 Å². The van der Waals surface area contributed by atoms with E-state index in [2.05, 4.69) is 33.5 Å². The number of carbonyl (C=O) groups excluding carboxylic acids is 1. The molecule has 0 saturated carbocycles. The molecule has 1 amide bonds. The molecule has 2 aromatic carbocycles. The zero-order chi connectivity index (χ0) is 18.1. The summed E-state index contributed by atoms with van der Waals surface area (Å²) in [7, 11) is 0. The normalized spacial score (nSPS) is 10.5. The molecule has 2 rings (SSSR count). The number of amides is 1. The lowest BCUT2D eigenvalue weighted by molar-refractivity contribution is -0.118. The Morgan fingerprint density at radius 1 is 1.16 bits per heavy atom. The highest BCUT2D eigenvalue weighted by atomic mass is 79.9. The maximum absolute atomic E-state index is 12.1. The van der Waals surface area contributed by atoms with Crippen LogP contribution in [0.4, 0.5) is 5.69 Å². The number of benzene rings is 2. The maximum Gasteiger partial charge on any atom is 0.262 e. The SMILES string of the molecule is CCCCNCc1cc(Br)ccc1OCC(=O)Nc1ccc(C)cc1. The Bertz CT molecular complexity index is 687. The van der Waals surface area contributed by atoms with Gasteiger partial charge in [0.2, 0.25) is 0 Å². The minimum atomic E-state index is -0.170. The average Bonchev–Trinajstić information content (AvgIpc) is 2.60. The number of hydrogen-bond acceptors (Lipinski definition) is 3. The molecule has 4 nitrogen and oxygen atoms in total. The quantitative estimate of drug-likeness (QED) is 0.597. The van der Waals surface area contributed by atoms with E-state index in [9.17, 15) is 4.79 Å². The van der Waals surface area contributed by atoms with Crippen LogP contribution >= 0.6 is 15.9 Å². The van der Waals surface area contributed by atoms with Crippen molar-refractivity contribution in [3.05, 3.63) is 58.1 Å². The molecule has 0 aromatic heterocycles. The smallest absolute Gasteiger partial charge is 0.262 e. The molecule has 5 heteroatoms. The van der Waals surface area contributed by atoms with Gasteiger partial charge in [-0.3, -0.25) is 4.79 Å². The molecular formula is C20H25BrN2O2. The highest BCUT2D eigenvalue weighted by molar-refractivity contribution is 9.10. The van der Waals surface area contributed by atoms with Gasteiger partial charge in [-0.05, 0) is 50.2 Å². The summed E-state index contributed by atoms with van der Waals surface area (Å²) in [5.41, 5.74) is 2.97. The number of hydrogen-bond donors (Lipinski definition) is 2. The largest absolute Gasteiger partial charge is 0.483 e. The molecule has 0 spiro atoms. The molecule has 0 aliphatic heterocycles. The van der Waals surface area contributed by atoms with Gasteiger partial charge >= 0.3 is 0 Å². The number of aryl methyl sites for hydroxylation is 1. The molecule has 0 atom stereocenters. The van der Waals surface area contributed by atoms with Gasteiger partial charge in [0.05, 0.1) is 0 Å². The number of ether oxygens (including phenoxy) is 1. The topological polar surface area (TPSA) is 50.4 Å². The van der Waals surface area contributed by atoms with Crippen molar-refractivity contribution < 1.29 is 9.53 Å². The molecule has 0 fully saturated rings. The highest BCUT2D eigenvalue weighted by Gasteiger charge is 2.08. The Hall–Kier alpha value is -1.85. The molecule has 2 N–H and O–H groups in total. The molecule has 25 heavy (non-hydrogen) atoms.